The Bertz CT molecular complexity index is 379. The summed E-state index contributed by atoms with van der Waals surface area (Å²) < 4.78 is 2.08. The largest absolute Gasteiger partial charge is 0.382 e. The Kier molecular flexibility index (Phi) is 2.93. The molecule has 0 bridgehead atoms. The quantitative estimate of drug-likeness (QED) is 0.830. The first kappa shape index (κ1) is 11.5. The van der Waals surface area contributed by atoms with Crippen molar-refractivity contribution in [2.75, 3.05) is 12.3 Å². The second-order valence-electron chi connectivity index (χ2n) is 5.16. The van der Waals surface area contributed by atoms with Gasteiger partial charge in [-0.25, -0.2) is 0 Å². The standard InChI is InChI=1S/C12H22N4/c1-8(2)15-6-5-10-11(7-15)16(9(3)4)14-12(10)13/h8-9H,5-7H2,1-4H3,(H2,13,14). The summed E-state index contributed by atoms with van der Waals surface area (Å²) in [6.45, 7) is 10.9. The van der Waals surface area contributed by atoms with Gasteiger partial charge in [-0.15, -0.1) is 0 Å². The molecule has 1 aromatic rings. The highest BCUT2D eigenvalue weighted by Crippen LogP contribution is 2.27. The van der Waals surface area contributed by atoms with Crippen molar-refractivity contribution in [2.45, 2.75) is 52.7 Å². The summed E-state index contributed by atoms with van der Waals surface area (Å²) in [5, 5.41) is 4.45. The van der Waals surface area contributed by atoms with Crippen molar-refractivity contribution in [1.82, 2.24) is 14.7 Å². The van der Waals surface area contributed by atoms with Crippen LogP contribution in [-0.4, -0.2) is 27.3 Å². The molecule has 0 radical (unpaired) electrons. The molecule has 0 unspecified atom stereocenters. The third kappa shape index (κ3) is 1.82. The highest BCUT2D eigenvalue weighted by molar-refractivity contribution is 5.44. The molecular formula is C12H22N4. The Balaban J connectivity index is 2.35. The van der Waals surface area contributed by atoms with Gasteiger partial charge in [-0.2, -0.15) is 5.10 Å². The number of hydrogen-bond donors (Lipinski definition) is 1. The van der Waals surface area contributed by atoms with Crippen molar-refractivity contribution in [2.24, 2.45) is 0 Å². The van der Waals surface area contributed by atoms with E-state index >= 15 is 0 Å². The molecule has 2 N–H and O–H groups in total. The van der Waals surface area contributed by atoms with Crippen LogP contribution in [0, 0.1) is 0 Å². The van der Waals surface area contributed by atoms with Gasteiger partial charge in [0.1, 0.15) is 5.82 Å². The zero-order valence-electron chi connectivity index (χ0n) is 10.7. The molecule has 16 heavy (non-hydrogen) atoms. The minimum atomic E-state index is 0.387. The molecule has 2 heterocycles. The molecule has 1 aliphatic heterocycles. The first-order valence-electron chi connectivity index (χ1n) is 6.10. The van der Waals surface area contributed by atoms with Gasteiger partial charge in [-0.3, -0.25) is 9.58 Å². The maximum Gasteiger partial charge on any atom is 0.149 e. The third-order valence-electron chi connectivity index (χ3n) is 3.37. The van der Waals surface area contributed by atoms with Crippen LogP contribution in [0.25, 0.3) is 0 Å². The summed E-state index contributed by atoms with van der Waals surface area (Å²) >= 11 is 0. The average Bonchev–Trinajstić information content (AvgIpc) is 2.56. The lowest BCUT2D eigenvalue weighted by atomic mass is 10.1. The van der Waals surface area contributed by atoms with Crippen molar-refractivity contribution < 1.29 is 0 Å². The average molecular weight is 222 g/mol. The van der Waals surface area contributed by atoms with E-state index in [0.717, 1.165) is 25.3 Å². The molecule has 1 aliphatic rings. The molecule has 2 rings (SSSR count). The van der Waals surface area contributed by atoms with E-state index in [2.05, 4.69) is 42.4 Å². The van der Waals surface area contributed by atoms with Crippen LogP contribution in [0.2, 0.25) is 0 Å². The fourth-order valence-electron chi connectivity index (χ4n) is 2.36. The molecule has 0 saturated heterocycles. The predicted octanol–water partition coefficient (Wildman–Crippen LogP) is 1.81. The topological polar surface area (TPSA) is 47.1 Å². The molecule has 0 aromatic carbocycles. The van der Waals surface area contributed by atoms with Crippen molar-refractivity contribution in [3.8, 4) is 0 Å². The van der Waals surface area contributed by atoms with E-state index < -0.39 is 0 Å². The third-order valence-corrected chi connectivity index (χ3v) is 3.37. The van der Waals surface area contributed by atoms with Gasteiger partial charge in [0.25, 0.3) is 0 Å². The summed E-state index contributed by atoms with van der Waals surface area (Å²) in [7, 11) is 0. The lowest BCUT2D eigenvalue weighted by molar-refractivity contribution is 0.195. The minimum absolute atomic E-state index is 0.387. The first-order chi connectivity index (χ1) is 7.50. The molecule has 0 fully saturated rings. The number of nitrogens with two attached hydrogens (primary N) is 1. The van der Waals surface area contributed by atoms with Gasteiger partial charge in [0, 0.05) is 30.7 Å². The van der Waals surface area contributed by atoms with E-state index in [1.54, 1.807) is 0 Å². The van der Waals surface area contributed by atoms with Crippen LogP contribution in [0.3, 0.4) is 0 Å². The summed E-state index contributed by atoms with van der Waals surface area (Å²) in [6.07, 6.45) is 1.03. The first-order valence-corrected chi connectivity index (χ1v) is 6.10. The maximum atomic E-state index is 5.97. The number of nitrogen functional groups attached to an aromatic ring is 1. The van der Waals surface area contributed by atoms with Gasteiger partial charge in [0.15, 0.2) is 0 Å². The highest BCUT2D eigenvalue weighted by Gasteiger charge is 2.25. The lowest BCUT2D eigenvalue weighted by Crippen LogP contribution is -2.36. The number of anilines is 1. The second-order valence-corrected chi connectivity index (χ2v) is 5.16. The zero-order valence-corrected chi connectivity index (χ0v) is 10.7. The van der Waals surface area contributed by atoms with Gasteiger partial charge in [0.05, 0.1) is 5.69 Å². The van der Waals surface area contributed by atoms with Crippen LogP contribution in [0.4, 0.5) is 5.82 Å². The van der Waals surface area contributed by atoms with E-state index in [-0.39, 0.29) is 0 Å². The summed E-state index contributed by atoms with van der Waals surface area (Å²) in [5.41, 5.74) is 8.55. The number of rotatable bonds is 2. The molecule has 0 saturated carbocycles. The second kappa shape index (κ2) is 4.09. The Morgan fingerprint density at radius 1 is 1.19 bits per heavy atom. The number of aromatic nitrogens is 2. The molecule has 4 nitrogen and oxygen atoms in total. The molecule has 90 valence electrons. The number of fused-ring (bicyclic) bond motifs is 1. The SMILES string of the molecule is CC(C)N1CCc2c(N)nn(C(C)C)c2C1. The molecule has 0 aliphatic carbocycles. The van der Waals surface area contributed by atoms with Crippen molar-refractivity contribution in [1.29, 1.82) is 0 Å². The monoisotopic (exact) mass is 222 g/mol. The minimum Gasteiger partial charge on any atom is -0.382 e. The maximum absolute atomic E-state index is 5.97. The summed E-state index contributed by atoms with van der Waals surface area (Å²) in [4.78, 5) is 2.47. The van der Waals surface area contributed by atoms with Gasteiger partial charge in [-0.1, -0.05) is 0 Å². The Morgan fingerprint density at radius 3 is 2.44 bits per heavy atom. The van der Waals surface area contributed by atoms with Gasteiger partial charge >= 0.3 is 0 Å². The molecule has 0 spiro atoms. The fraction of sp³-hybridized carbons (Fsp3) is 0.750. The fourth-order valence-corrected chi connectivity index (χ4v) is 2.36. The Morgan fingerprint density at radius 2 is 1.88 bits per heavy atom. The van der Waals surface area contributed by atoms with Crippen molar-refractivity contribution in [3.05, 3.63) is 11.3 Å². The molecule has 4 heteroatoms. The van der Waals surface area contributed by atoms with Crippen LogP contribution in [0.1, 0.15) is 45.0 Å². The van der Waals surface area contributed by atoms with E-state index in [4.69, 9.17) is 5.73 Å². The van der Waals surface area contributed by atoms with Crippen molar-refractivity contribution >= 4 is 5.82 Å². The van der Waals surface area contributed by atoms with Crippen LogP contribution >= 0.6 is 0 Å². The smallest absolute Gasteiger partial charge is 0.149 e. The number of hydrogen-bond acceptors (Lipinski definition) is 3. The lowest BCUT2D eigenvalue weighted by Gasteiger charge is -2.31. The highest BCUT2D eigenvalue weighted by atomic mass is 15.3. The van der Waals surface area contributed by atoms with E-state index in [1.165, 1.54) is 11.3 Å². The van der Waals surface area contributed by atoms with Gasteiger partial charge in [0.2, 0.25) is 0 Å². The van der Waals surface area contributed by atoms with Crippen LogP contribution in [0.5, 0.6) is 0 Å². The number of nitrogens with zero attached hydrogens (tertiary/aromatic N) is 3. The predicted molar refractivity (Wildman–Crippen MR) is 66.3 cm³/mol. The van der Waals surface area contributed by atoms with Gasteiger partial charge < -0.3 is 5.73 Å². The molecule has 0 amide bonds. The molecule has 0 atom stereocenters. The summed E-state index contributed by atoms with van der Waals surface area (Å²) in [6, 6.07) is 0.975. The molecule has 1 aromatic heterocycles. The zero-order chi connectivity index (χ0) is 11.9. The van der Waals surface area contributed by atoms with Gasteiger partial charge in [-0.05, 0) is 34.1 Å². The van der Waals surface area contributed by atoms with Crippen LogP contribution < -0.4 is 5.73 Å². The Labute approximate surface area is 97.4 Å². The van der Waals surface area contributed by atoms with E-state index in [9.17, 15) is 0 Å². The molecular weight excluding hydrogens is 200 g/mol. The van der Waals surface area contributed by atoms with E-state index in [0.29, 0.717) is 12.1 Å². The Hall–Kier alpha value is -1.03. The summed E-state index contributed by atoms with van der Waals surface area (Å²) in [5.74, 6) is 0.729. The van der Waals surface area contributed by atoms with Crippen LogP contribution in [-0.2, 0) is 13.0 Å². The van der Waals surface area contributed by atoms with Crippen molar-refractivity contribution in [3.63, 3.8) is 0 Å². The van der Waals surface area contributed by atoms with E-state index in [1.807, 2.05) is 0 Å². The normalized spacial score (nSPS) is 17.1. The van der Waals surface area contributed by atoms with Crippen LogP contribution in [0.15, 0.2) is 0 Å².